The number of rotatable bonds is 5. The Balaban J connectivity index is 2.05. The van der Waals surface area contributed by atoms with E-state index >= 15 is 0 Å². The highest BCUT2D eigenvalue weighted by molar-refractivity contribution is 5.94. The van der Waals surface area contributed by atoms with Crippen molar-refractivity contribution in [3.05, 3.63) is 35.8 Å². The van der Waals surface area contributed by atoms with Crippen LogP contribution in [0.1, 0.15) is 11.3 Å². The van der Waals surface area contributed by atoms with Crippen LogP contribution in [-0.2, 0) is 18.3 Å². The number of nitrogens with one attached hydrogen (secondary N) is 1. The van der Waals surface area contributed by atoms with E-state index in [1.807, 2.05) is 19.2 Å². The van der Waals surface area contributed by atoms with Crippen LogP contribution in [0.15, 0.2) is 24.5 Å². The fraction of sp³-hybridized carbons (Fsp3) is 0.333. The third kappa shape index (κ3) is 3.61. The van der Waals surface area contributed by atoms with Gasteiger partial charge in [0.15, 0.2) is 0 Å². The van der Waals surface area contributed by atoms with Crippen molar-refractivity contribution in [2.24, 2.45) is 13.0 Å². The molecule has 0 radical (unpaired) electrons. The van der Waals surface area contributed by atoms with Gasteiger partial charge in [-0.1, -0.05) is 0 Å². The molecule has 0 spiro atoms. The van der Waals surface area contributed by atoms with Crippen molar-refractivity contribution in [3.63, 3.8) is 0 Å². The number of methoxy groups -OCH3 is 1. The lowest BCUT2D eigenvalue weighted by atomic mass is 10.0. The Bertz CT molecular complexity index is 700. The number of nitriles is 1. The van der Waals surface area contributed by atoms with Crippen molar-refractivity contribution < 1.29 is 9.53 Å². The maximum atomic E-state index is 12.2. The molecule has 2 aromatic heterocycles. The zero-order chi connectivity index (χ0) is 16.1. The molecule has 1 unspecified atom stereocenters. The lowest BCUT2D eigenvalue weighted by Gasteiger charge is -2.10. The summed E-state index contributed by atoms with van der Waals surface area (Å²) in [7, 11) is 3.32. The molecule has 22 heavy (non-hydrogen) atoms. The summed E-state index contributed by atoms with van der Waals surface area (Å²) in [4.78, 5) is 16.2. The molecule has 2 rings (SSSR count). The molecule has 0 saturated heterocycles. The normalized spacial score (nSPS) is 11.5. The number of carbonyl (C=O) groups excluding carboxylic acids is 1. The third-order valence-corrected chi connectivity index (χ3v) is 3.22. The molecule has 0 aliphatic carbocycles. The standard InChI is InChI=1S/C15H17N5O2/c1-10-12(9-20(2)19-10)6-11(7-16)15(21)18-13-4-5-14(22-3)17-8-13/h4-5,8-9,11H,6H2,1-3H3,(H,18,21). The molecular weight excluding hydrogens is 282 g/mol. The van der Waals surface area contributed by atoms with Gasteiger partial charge < -0.3 is 10.1 Å². The summed E-state index contributed by atoms with van der Waals surface area (Å²) in [6.45, 7) is 1.86. The number of ether oxygens (including phenoxy) is 1. The highest BCUT2D eigenvalue weighted by Gasteiger charge is 2.20. The van der Waals surface area contributed by atoms with Crippen LogP contribution < -0.4 is 10.1 Å². The quantitative estimate of drug-likeness (QED) is 0.902. The van der Waals surface area contributed by atoms with Crippen LogP contribution in [0.2, 0.25) is 0 Å². The number of nitrogens with zero attached hydrogens (tertiary/aromatic N) is 4. The van der Waals surface area contributed by atoms with Crippen LogP contribution >= 0.6 is 0 Å². The van der Waals surface area contributed by atoms with Crippen LogP contribution in [0.25, 0.3) is 0 Å². The molecule has 1 atom stereocenters. The Morgan fingerprint density at radius 3 is 2.82 bits per heavy atom. The minimum atomic E-state index is -0.787. The van der Waals surface area contributed by atoms with Gasteiger partial charge in [-0.2, -0.15) is 10.4 Å². The van der Waals surface area contributed by atoms with Crippen molar-refractivity contribution in [2.75, 3.05) is 12.4 Å². The number of aryl methyl sites for hydroxylation is 2. The predicted molar refractivity (Wildman–Crippen MR) is 80.2 cm³/mol. The lowest BCUT2D eigenvalue weighted by Crippen LogP contribution is -2.23. The largest absolute Gasteiger partial charge is 0.481 e. The van der Waals surface area contributed by atoms with E-state index < -0.39 is 5.92 Å². The summed E-state index contributed by atoms with van der Waals surface area (Å²) in [6, 6.07) is 5.35. The monoisotopic (exact) mass is 299 g/mol. The highest BCUT2D eigenvalue weighted by Crippen LogP contribution is 2.15. The SMILES string of the molecule is COc1ccc(NC(=O)C(C#N)Cc2cn(C)nc2C)cn1. The maximum absolute atomic E-state index is 12.2. The molecule has 0 aliphatic heterocycles. The molecule has 114 valence electrons. The van der Waals surface area contributed by atoms with Crippen LogP contribution in [0, 0.1) is 24.2 Å². The average molecular weight is 299 g/mol. The minimum absolute atomic E-state index is 0.325. The van der Waals surface area contributed by atoms with Crippen molar-refractivity contribution in [2.45, 2.75) is 13.3 Å². The first-order valence-electron chi connectivity index (χ1n) is 6.73. The molecule has 2 aromatic rings. The third-order valence-electron chi connectivity index (χ3n) is 3.22. The molecular formula is C15H17N5O2. The first-order chi connectivity index (χ1) is 10.5. The number of hydrogen-bond donors (Lipinski definition) is 1. The summed E-state index contributed by atoms with van der Waals surface area (Å²) >= 11 is 0. The van der Waals surface area contributed by atoms with Crippen LogP contribution in [0.3, 0.4) is 0 Å². The van der Waals surface area contributed by atoms with Gasteiger partial charge in [-0.25, -0.2) is 4.98 Å². The molecule has 0 aromatic carbocycles. The van der Waals surface area contributed by atoms with Gasteiger partial charge >= 0.3 is 0 Å². The van der Waals surface area contributed by atoms with Gasteiger partial charge in [0.1, 0.15) is 5.92 Å². The molecule has 0 aliphatic rings. The van der Waals surface area contributed by atoms with E-state index in [-0.39, 0.29) is 5.91 Å². The first-order valence-corrected chi connectivity index (χ1v) is 6.73. The van der Waals surface area contributed by atoms with Crippen molar-refractivity contribution in [1.29, 1.82) is 5.26 Å². The number of carbonyl (C=O) groups is 1. The fourth-order valence-corrected chi connectivity index (χ4v) is 2.07. The molecule has 7 nitrogen and oxygen atoms in total. The molecule has 1 N–H and O–H groups in total. The Kier molecular flexibility index (Phi) is 4.73. The average Bonchev–Trinajstić information content (AvgIpc) is 2.83. The van der Waals surface area contributed by atoms with E-state index in [1.54, 1.807) is 23.9 Å². The molecule has 2 heterocycles. The van der Waals surface area contributed by atoms with Gasteiger partial charge in [0, 0.05) is 25.7 Å². The predicted octanol–water partition coefficient (Wildman–Crippen LogP) is 1.45. The maximum Gasteiger partial charge on any atom is 0.242 e. The van der Waals surface area contributed by atoms with E-state index in [1.165, 1.54) is 13.3 Å². The van der Waals surface area contributed by atoms with Crippen molar-refractivity contribution in [1.82, 2.24) is 14.8 Å². The minimum Gasteiger partial charge on any atom is -0.481 e. The fourth-order valence-electron chi connectivity index (χ4n) is 2.07. The molecule has 0 bridgehead atoms. The number of pyridine rings is 1. The van der Waals surface area contributed by atoms with Gasteiger partial charge in [-0.3, -0.25) is 9.48 Å². The van der Waals surface area contributed by atoms with Crippen LogP contribution in [0.5, 0.6) is 5.88 Å². The van der Waals surface area contributed by atoms with Crippen LogP contribution in [-0.4, -0.2) is 27.8 Å². The van der Waals surface area contributed by atoms with Gasteiger partial charge in [-0.05, 0) is 18.6 Å². The zero-order valence-corrected chi connectivity index (χ0v) is 12.7. The number of aromatic nitrogens is 3. The zero-order valence-electron chi connectivity index (χ0n) is 12.7. The summed E-state index contributed by atoms with van der Waals surface area (Å²) in [5.74, 6) is -0.691. The Morgan fingerprint density at radius 2 is 2.32 bits per heavy atom. The van der Waals surface area contributed by atoms with E-state index in [0.717, 1.165) is 11.3 Å². The Morgan fingerprint density at radius 1 is 1.55 bits per heavy atom. The van der Waals surface area contributed by atoms with E-state index in [4.69, 9.17) is 4.74 Å². The van der Waals surface area contributed by atoms with E-state index in [2.05, 4.69) is 15.4 Å². The van der Waals surface area contributed by atoms with Gasteiger partial charge in [0.05, 0.1) is 30.8 Å². The molecule has 1 amide bonds. The summed E-state index contributed by atoms with van der Waals surface area (Å²) in [6.07, 6.45) is 3.63. The summed E-state index contributed by atoms with van der Waals surface area (Å²) < 4.78 is 6.62. The van der Waals surface area contributed by atoms with Gasteiger partial charge in [0.25, 0.3) is 0 Å². The number of anilines is 1. The smallest absolute Gasteiger partial charge is 0.242 e. The number of amides is 1. The van der Waals surface area contributed by atoms with Crippen molar-refractivity contribution >= 4 is 11.6 Å². The second-order valence-corrected chi connectivity index (χ2v) is 4.88. The molecule has 7 heteroatoms. The molecule has 0 fully saturated rings. The van der Waals surface area contributed by atoms with E-state index in [0.29, 0.717) is 18.0 Å². The number of hydrogen-bond acceptors (Lipinski definition) is 5. The lowest BCUT2D eigenvalue weighted by molar-refractivity contribution is -0.118. The summed E-state index contributed by atoms with van der Waals surface area (Å²) in [5, 5.41) is 16.1. The first kappa shape index (κ1) is 15.5. The second kappa shape index (κ2) is 6.72. The highest BCUT2D eigenvalue weighted by atomic mass is 16.5. The van der Waals surface area contributed by atoms with Gasteiger partial charge in [-0.15, -0.1) is 0 Å². The second-order valence-electron chi connectivity index (χ2n) is 4.88. The van der Waals surface area contributed by atoms with E-state index in [9.17, 15) is 10.1 Å². The molecule has 0 saturated carbocycles. The Hall–Kier alpha value is -2.88. The van der Waals surface area contributed by atoms with Crippen molar-refractivity contribution in [3.8, 4) is 11.9 Å². The Labute approximate surface area is 128 Å². The van der Waals surface area contributed by atoms with Crippen LogP contribution in [0.4, 0.5) is 5.69 Å². The summed E-state index contributed by atoms with van der Waals surface area (Å²) in [5.41, 5.74) is 2.23. The topological polar surface area (TPSA) is 92.8 Å². The van der Waals surface area contributed by atoms with Gasteiger partial charge in [0.2, 0.25) is 11.8 Å².